The van der Waals surface area contributed by atoms with E-state index in [9.17, 15) is 19.5 Å². The number of carbonyl (C=O) groups is 2. The molecule has 5 aromatic rings. The van der Waals surface area contributed by atoms with Crippen molar-refractivity contribution >= 4 is 28.5 Å². The average Bonchev–Trinajstić information content (AvgIpc) is 3.66. The van der Waals surface area contributed by atoms with E-state index in [1.54, 1.807) is 22.2 Å². The summed E-state index contributed by atoms with van der Waals surface area (Å²) >= 11 is 0. The van der Waals surface area contributed by atoms with Gasteiger partial charge in [0.05, 0.1) is 23.3 Å². The van der Waals surface area contributed by atoms with Gasteiger partial charge < -0.3 is 15.7 Å². The number of imidazole rings is 1. The van der Waals surface area contributed by atoms with Gasteiger partial charge in [-0.3, -0.25) is 28.7 Å². The Balaban J connectivity index is 0.977. The molecule has 2 fully saturated rings. The summed E-state index contributed by atoms with van der Waals surface area (Å²) in [7, 11) is 1.75. The first-order valence-corrected chi connectivity index (χ1v) is 16.3. The van der Waals surface area contributed by atoms with Crippen molar-refractivity contribution in [2.75, 3.05) is 25.4 Å². The van der Waals surface area contributed by atoms with Crippen LogP contribution in [0, 0.1) is 0 Å². The maximum Gasteiger partial charge on any atom is 0.329 e. The number of phenols is 1. The van der Waals surface area contributed by atoms with Gasteiger partial charge in [-0.25, -0.2) is 4.79 Å². The Hall–Kier alpha value is -5.16. The van der Waals surface area contributed by atoms with Crippen LogP contribution in [0.3, 0.4) is 0 Å². The lowest BCUT2D eigenvalue weighted by Gasteiger charge is -2.32. The summed E-state index contributed by atoms with van der Waals surface area (Å²) in [5, 5.41) is 17.4. The summed E-state index contributed by atoms with van der Waals surface area (Å²) in [6.07, 6.45) is 8.24. The van der Waals surface area contributed by atoms with Crippen LogP contribution >= 0.6 is 0 Å². The van der Waals surface area contributed by atoms with E-state index < -0.39 is 11.9 Å². The zero-order chi connectivity index (χ0) is 32.7. The van der Waals surface area contributed by atoms with Crippen molar-refractivity contribution in [2.24, 2.45) is 7.05 Å². The number of aromatic nitrogens is 4. The van der Waals surface area contributed by atoms with Crippen molar-refractivity contribution in [3.05, 3.63) is 89.1 Å². The van der Waals surface area contributed by atoms with Gasteiger partial charge in [0, 0.05) is 55.1 Å². The second-order valence-corrected chi connectivity index (χ2v) is 12.7. The summed E-state index contributed by atoms with van der Waals surface area (Å²) < 4.78 is 5.24. The third-order valence-corrected chi connectivity index (χ3v) is 9.74. The number of piperidine rings is 2. The number of rotatable bonds is 8. The third-order valence-electron chi connectivity index (χ3n) is 9.74. The molecule has 2 amide bonds. The molecule has 7 rings (SSSR count). The molecule has 1 unspecified atom stereocenters. The molecule has 1 atom stereocenters. The van der Waals surface area contributed by atoms with E-state index in [1.165, 1.54) is 0 Å². The number of phenolic OH excluding ortho intramolecular Hbond substituents is 1. The van der Waals surface area contributed by atoms with Gasteiger partial charge in [0.1, 0.15) is 11.8 Å². The van der Waals surface area contributed by atoms with Crippen LogP contribution in [0.4, 0.5) is 5.69 Å². The van der Waals surface area contributed by atoms with E-state index in [1.807, 2.05) is 54.7 Å². The molecule has 0 spiro atoms. The van der Waals surface area contributed by atoms with Crippen molar-refractivity contribution in [1.29, 1.82) is 0 Å². The molecule has 47 heavy (non-hydrogen) atoms. The number of nitrogens with two attached hydrogens (primary N) is 1. The fourth-order valence-electron chi connectivity index (χ4n) is 7.22. The van der Waals surface area contributed by atoms with Gasteiger partial charge in [-0.15, -0.1) is 0 Å². The minimum absolute atomic E-state index is 0.223. The quantitative estimate of drug-likeness (QED) is 0.170. The lowest BCUT2D eigenvalue weighted by atomic mass is 9.98. The van der Waals surface area contributed by atoms with Crippen molar-refractivity contribution in [1.82, 2.24) is 29.1 Å². The molecule has 4 heterocycles. The normalized spacial score (nSPS) is 17.8. The highest BCUT2D eigenvalue weighted by atomic mass is 16.3. The first kappa shape index (κ1) is 30.5. The van der Waals surface area contributed by atoms with Crippen LogP contribution < -0.4 is 16.7 Å². The fraction of sp³-hybridized carbons (Fsp3) is 0.333. The number of nitrogens with zero attached hydrogens (tertiary/aromatic N) is 5. The molecule has 2 aromatic heterocycles. The zero-order valence-electron chi connectivity index (χ0n) is 26.4. The maximum absolute atomic E-state index is 13.3. The molecule has 4 N–H and O–H groups in total. The number of aryl methyl sites for hydroxylation is 2. The topological polar surface area (TPSA) is 140 Å². The molecule has 2 aliphatic rings. The highest BCUT2D eigenvalue weighted by Crippen LogP contribution is 2.35. The SMILES string of the molecule is Cn1c(=O)n(C2CCC(=O)NC2=O)c2cccc(CCCN3CCC(n4cc(-c5cc(-c6ccccc6O)ccc5N)cn4)CC3)c21. The third kappa shape index (κ3) is 5.83. The summed E-state index contributed by atoms with van der Waals surface area (Å²) in [5.74, 6) is -0.480. The Bertz CT molecular complexity index is 2030. The van der Waals surface area contributed by atoms with E-state index in [-0.39, 0.29) is 23.8 Å². The highest BCUT2D eigenvalue weighted by molar-refractivity contribution is 6.00. The monoisotopic (exact) mass is 633 g/mol. The van der Waals surface area contributed by atoms with Gasteiger partial charge in [-0.05, 0) is 74.0 Å². The fourth-order valence-corrected chi connectivity index (χ4v) is 7.22. The predicted octanol–water partition coefficient (Wildman–Crippen LogP) is 4.41. The number of anilines is 1. The minimum atomic E-state index is -0.683. The van der Waals surface area contributed by atoms with E-state index in [0.29, 0.717) is 18.2 Å². The second-order valence-electron chi connectivity index (χ2n) is 12.7. The number of carbonyl (C=O) groups excluding carboxylic acids is 2. The number of hydrogen-bond acceptors (Lipinski definition) is 7. The number of para-hydroxylation sites is 2. The van der Waals surface area contributed by atoms with Gasteiger partial charge in [-0.2, -0.15) is 5.10 Å². The van der Waals surface area contributed by atoms with E-state index in [0.717, 1.165) is 84.2 Å². The summed E-state index contributed by atoms with van der Waals surface area (Å²) in [6, 6.07) is 18.6. The minimum Gasteiger partial charge on any atom is -0.507 e. The summed E-state index contributed by atoms with van der Waals surface area (Å²) in [5.41, 5.74) is 13.0. The van der Waals surface area contributed by atoms with Crippen LogP contribution in [0.2, 0.25) is 0 Å². The van der Waals surface area contributed by atoms with E-state index in [2.05, 4.69) is 27.2 Å². The number of hydrogen-bond donors (Lipinski definition) is 3. The van der Waals surface area contributed by atoms with Gasteiger partial charge in [0.15, 0.2) is 0 Å². The molecule has 2 aliphatic heterocycles. The number of nitrogens with one attached hydrogen (secondary N) is 1. The van der Waals surface area contributed by atoms with Crippen LogP contribution in [0.1, 0.15) is 49.8 Å². The predicted molar refractivity (Wildman–Crippen MR) is 181 cm³/mol. The number of likely N-dealkylation sites (tertiary alicyclic amines) is 1. The van der Waals surface area contributed by atoms with Crippen LogP contribution in [0.25, 0.3) is 33.3 Å². The van der Waals surface area contributed by atoms with Crippen molar-refractivity contribution < 1.29 is 14.7 Å². The zero-order valence-corrected chi connectivity index (χ0v) is 26.4. The Morgan fingerprint density at radius 2 is 1.77 bits per heavy atom. The Morgan fingerprint density at radius 1 is 0.957 bits per heavy atom. The van der Waals surface area contributed by atoms with Crippen molar-refractivity contribution in [2.45, 2.75) is 50.6 Å². The smallest absolute Gasteiger partial charge is 0.329 e. The Kier molecular flexibility index (Phi) is 8.15. The number of amides is 2. The molecule has 2 saturated heterocycles. The van der Waals surface area contributed by atoms with Gasteiger partial charge in [0.2, 0.25) is 11.8 Å². The van der Waals surface area contributed by atoms with Gasteiger partial charge in [0.25, 0.3) is 0 Å². The summed E-state index contributed by atoms with van der Waals surface area (Å²) in [4.78, 5) is 40.0. The molecule has 11 nitrogen and oxygen atoms in total. The molecule has 242 valence electrons. The number of benzene rings is 3. The Morgan fingerprint density at radius 3 is 2.55 bits per heavy atom. The molecular weight excluding hydrogens is 594 g/mol. The molecule has 11 heteroatoms. The van der Waals surface area contributed by atoms with Crippen molar-refractivity contribution in [3.63, 3.8) is 0 Å². The van der Waals surface area contributed by atoms with E-state index in [4.69, 9.17) is 10.8 Å². The maximum atomic E-state index is 13.3. The molecule has 0 aliphatic carbocycles. The molecule has 0 saturated carbocycles. The van der Waals surface area contributed by atoms with Crippen LogP contribution in [0.5, 0.6) is 5.75 Å². The number of aromatic hydroxyl groups is 1. The van der Waals surface area contributed by atoms with Crippen molar-refractivity contribution in [3.8, 4) is 28.0 Å². The highest BCUT2D eigenvalue weighted by Gasteiger charge is 2.31. The van der Waals surface area contributed by atoms with Gasteiger partial charge >= 0.3 is 5.69 Å². The standard InChI is InChI=1S/C36H39N7O4/c1-40-34-23(6-4-9-30(34)43(36(40)47)31-13-14-33(45)39-35(31)46)7-5-17-41-18-15-26(16-19-41)42-22-25(21-38-42)28-20-24(11-12-29(28)37)27-8-2-3-10-32(27)44/h2-4,6,8-12,20-22,26,31,44H,5,7,13-19,37H2,1H3,(H,39,45,46). The number of nitrogen functional groups attached to an aromatic ring is 1. The lowest BCUT2D eigenvalue weighted by Crippen LogP contribution is -2.44. The van der Waals surface area contributed by atoms with Crippen LogP contribution in [-0.2, 0) is 23.1 Å². The first-order valence-electron chi connectivity index (χ1n) is 16.3. The second kappa shape index (κ2) is 12.6. The largest absolute Gasteiger partial charge is 0.507 e. The Labute approximate surface area is 272 Å². The molecule has 0 radical (unpaired) electrons. The molecular formula is C36H39N7O4. The first-order chi connectivity index (χ1) is 22.8. The number of imide groups is 1. The van der Waals surface area contributed by atoms with Crippen LogP contribution in [-0.4, -0.2) is 60.4 Å². The van der Waals surface area contributed by atoms with Crippen LogP contribution in [0.15, 0.2) is 77.9 Å². The molecule has 0 bridgehead atoms. The average molecular weight is 634 g/mol. The lowest BCUT2D eigenvalue weighted by molar-refractivity contribution is -0.135. The molecule has 3 aromatic carbocycles. The summed E-state index contributed by atoms with van der Waals surface area (Å²) in [6.45, 7) is 2.89. The number of fused-ring (bicyclic) bond motifs is 1. The van der Waals surface area contributed by atoms with E-state index >= 15 is 0 Å². The van der Waals surface area contributed by atoms with Gasteiger partial charge in [-0.1, -0.05) is 36.4 Å².